The molecule has 2 rings (SSSR count). The first kappa shape index (κ1) is 14.9. The highest BCUT2D eigenvalue weighted by Gasteiger charge is 2.36. The number of nitrogens with zero attached hydrogens (tertiary/aromatic N) is 1. The molecular weight excluding hydrogens is 292 g/mol. The zero-order valence-corrected chi connectivity index (χ0v) is 11.5. The van der Waals surface area contributed by atoms with E-state index in [0.29, 0.717) is 12.5 Å². The van der Waals surface area contributed by atoms with Crippen molar-refractivity contribution in [3.05, 3.63) is 29.8 Å². The molecule has 1 heterocycles. The molecule has 110 valence electrons. The predicted octanol–water partition coefficient (Wildman–Crippen LogP) is 1.15. The summed E-state index contributed by atoms with van der Waals surface area (Å²) in [6.45, 7) is 0.0629. The number of methoxy groups -OCH3 is 1. The van der Waals surface area contributed by atoms with Crippen molar-refractivity contribution in [2.45, 2.75) is 11.3 Å². The number of carbonyl (C=O) groups excluding carboxylic acids is 1. The van der Waals surface area contributed by atoms with E-state index in [9.17, 15) is 22.0 Å². The first-order valence-corrected chi connectivity index (χ1v) is 7.32. The number of hydrogen-bond acceptors (Lipinski definition) is 4. The topological polar surface area (TPSA) is 63.7 Å². The van der Waals surface area contributed by atoms with Crippen molar-refractivity contribution in [1.29, 1.82) is 0 Å². The fourth-order valence-electron chi connectivity index (χ4n) is 2.13. The Hall–Kier alpha value is -1.54. The smallest absolute Gasteiger partial charge is 0.310 e. The summed E-state index contributed by atoms with van der Waals surface area (Å²) < 4.78 is 56.3. The van der Waals surface area contributed by atoms with Gasteiger partial charge in [-0.15, -0.1) is 0 Å². The largest absolute Gasteiger partial charge is 0.469 e. The molecule has 1 saturated heterocycles. The maximum atomic E-state index is 13.1. The summed E-state index contributed by atoms with van der Waals surface area (Å²) in [5, 5.41) is 0. The van der Waals surface area contributed by atoms with E-state index in [1.54, 1.807) is 0 Å². The second kappa shape index (κ2) is 5.45. The van der Waals surface area contributed by atoms with Crippen molar-refractivity contribution in [3.63, 3.8) is 0 Å². The highest BCUT2D eigenvalue weighted by atomic mass is 32.2. The van der Waals surface area contributed by atoms with Gasteiger partial charge in [-0.05, 0) is 18.6 Å². The molecule has 1 aliphatic rings. The second-order valence-electron chi connectivity index (χ2n) is 4.48. The van der Waals surface area contributed by atoms with Crippen molar-refractivity contribution in [2.75, 3.05) is 20.2 Å². The molecule has 0 bridgehead atoms. The molecule has 0 aromatic heterocycles. The Morgan fingerprint density at radius 3 is 2.45 bits per heavy atom. The first-order chi connectivity index (χ1) is 9.34. The minimum Gasteiger partial charge on any atom is -0.469 e. The fraction of sp³-hybridized carbons (Fsp3) is 0.417. The van der Waals surface area contributed by atoms with Gasteiger partial charge in [-0.1, -0.05) is 0 Å². The van der Waals surface area contributed by atoms with Crippen LogP contribution >= 0.6 is 0 Å². The van der Waals surface area contributed by atoms with E-state index in [1.165, 1.54) is 7.11 Å². The second-order valence-corrected chi connectivity index (χ2v) is 6.41. The quantitative estimate of drug-likeness (QED) is 0.786. The Morgan fingerprint density at radius 1 is 1.30 bits per heavy atom. The molecule has 0 spiro atoms. The van der Waals surface area contributed by atoms with Gasteiger partial charge in [-0.2, -0.15) is 4.31 Å². The number of hydrogen-bond donors (Lipinski definition) is 0. The molecule has 1 atom stereocenters. The van der Waals surface area contributed by atoms with E-state index in [-0.39, 0.29) is 13.1 Å². The number of halogens is 2. The summed E-state index contributed by atoms with van der Waals surface area (Å²) >= 11 is 0. The molecule has 1 fully saturated rings. The Balaban J connectivity index is 2.26. The van der Waals surface area contributed by atoms with Gasteiger partial charge in [-0.3, -0.25) is 4.79 Å². The van der Waals surface area contributed by atoms with Gasteiger partial charge in [0.2, 0.25) is 10.0 Å². The van der Waals surface area contributed by atoms with Gasteiger partial charge in [0.05, 0.1) is 17.9 Å². The van der Waals surface area contributed by atoms with Crippen LogP contribution in [0.15, 0.2) is 23.1 Å². The first-order valence-electron chi connectivity index (χ1n) is 5.88. The Morgan fingerprint density at radius 2 is 1.90 bits per heavy atom. The zero-order valence-electron chi connectivity index (χ0n) is 10.7. The SMILES string of the molecule is COC(=O)C1CCN(S(=O)(=O)c2cc(F)cc(F)c2)C1. The van der Waals surface area contributed by atoms with Crippen LogP contribution in [0.4, 0.5) is 8.78 Å². The molecule has 1 unspecified atom stereocenters. The number of rotatable bonds is 3. The van der Waals surface area contributed by atoms with Crippen LogP contribution in [0, 0.1) is 17.6 Å². The van der Waals surface area contributed by atoms with Crippen LogP contribution in [0.25, 0.3) is 0 Å². The maximum absolute atomic E-state index is 13.1. The highest BCUT2D eigenvalue weighted by Crippen LogP contribution is 2.25. The molecule has 1 aliphatic heterocycles. The Kier molecular flexibility index (Phi) is 4.05. The summed E-state index contributed by atoms with van der Waals surface area (Å²) in [6.07, 6.45) is 0.323. The van der Waals surface area contributed by atoms with E-state index in [0.717, 1.165) is 16.4 Å². The number of sulfonamides is 1. The van der Waals surface area contributed by atoms with Crippen LogP contribution in [0.2, 0.25) is 0 Å². The molecule has 8 heteroatoms. The fourth-order valence-corrected chi connectivity index (χ4v) is 3.68. The zero-order chi connectivity index (χ0) is 14.9. The third kappa shape index (κ3) is 2.80. The molecule has 0 aliphatic carbocycles. The van der Waals surface area contributed by atoms with Crippen LogP contribution < -0.4 is 0 Å². The third-order valence-corrected chi connectivity index (χ3v) is 5.00. The van der Waals surface area contributed by atoms with Gasteiger partial charge in [0.15, 0.2) is 0 Å². The van der Waals surface area contributed by atoms with Gasteiger partial charge in [0.25, 0.3) is 0 Å². The van der Waals surface area contributed by atoms with E-state index >= 15 is 0 Å². The summed E-state index contributed by atoms with van der Waals surface area (Å²) in [7, 11) is -2.79. The van der Waals surface area contributed by atoms with Gasteiger partial charge in [0.1, 0.15) is 11.6 Å². The summed E-state index contributed by atoms with van der Waals surface area (Å²) in [4.78, 5) is 10.9. The lowest BCUT2D eigenvalue weighted by molar-refractivity contribution is -0.144. The van der Waals surface area contributed by atoms with Gasteiger partial charge >= 0.3 is 5.97 Å². The summed E-state index contributed by atoms with van der Waals surface area (Å²) in [5.41, 5.74) is 0. The molecule has 0 saturated carbocycles. The van der Waals surface area contributed by atoms with E-state index in [1.807, 2.05) is 0 Å². The van der Waals surface area contributed by atoms with Crippen molar-refractivity contribution < 1.29 is 26.7 Å². The highest BCUT2D eigenvalue weighted by molar-refractivity contribution is 7.89. The summed E-state index contributed by atoms with van der Waals surface area (Å²) in [5.74, 6) is -2.97. The molecule has 0 radical (unpaired) electrons. The van der Waals surface area contributed by atoms with Gasteiger partial charge in [0, 0.05) is 19.2 Å². The molecule has 0 N–H and O–H groups in total. The standard InChI is InChI=1S/C12H13F2NO4S/c1-19-12(16)8-2-3-15(7-8)20(17,18)11-5-9(13)4-10(14)6-11/h4-6,8H,2-3,7H2,1H3. The van der Waals surface area contributed by atoms with E-state index in [2.05, 4.69) is 4.74 Å². The Bertz CT molecular complexity index is 612. The van der Waals surface area contributed by atoms with Crippen LogP contribution in [0.5, 0.6) is 0 Å². The Labute approximate surface area is 115 Å². The van der Waals surface area contributed by atoms with Gasteiger partial charge < -0.3 is 4.74 Å². The van der Waals surface area contributed by atoms with Crippen molar-refractivity contribution in [3.8, 4) is 0 Å². The lowest BCUT2D eigenvalue weighted by Gasteiger charge is -2.16. The normalized spacial score (nSPS) is 20.1. The van der Waals surface area contributed by atoms with Crippen LogP contribution in [0.1, 0.15) is 6.42 Å². The summed E-state index contributed by atoms with van der Waals surface area (Å²) in [6, 6.07) is 2.11. The predicted molar refractivity (Wildman–Crippen MR) is 65.2 cm³/mol. The minimum atomic E-state index is -4.01. The average Bonchev–Trinajstić information content (AvgIpc) is 2.86. The third-order valence-electron chi connectivity index (χ3n) is 3.16. The molecule has 1 aromatic carbocycles. The monoisotopic (exact) mass is 305 g/mol. The molecular formula is C12H13F2NO4S. The van der Waals surface area contributed by atoms with E-state index < -0.39 is 38.4 Å². The van der Waals surface area contributed by atoms with Crippen molar-refractivity contribution >= 4 is 16.0 Å². The minimum absolute atomic E-state index is 0.0485. The molecule has 5 nitrogen and oxygen atoms in total. The lowest BCUT2D eigenvalue weighted by Crippen LogP contribution is -2.30. The number of ether oxygens (including phenoxy) is 1. The number of carbonyl (C=O) groups is 1. The molecule has 20 heavy (non-hydrogen) atoms. The number of esters is 1. The van der Waals surface area contributed by atoms with Crippen LogP contribution in [-0.4, -0.2) is 38.9 Å². The van der Waals surface area contributed by atoms with Crippen LogP contribution in [0.3, 0.4) is 0 Å². The van der Waals surface area contributed by atoms with Gasteiger partial charge in [-0.25, -0.2) is 17.2 Å². The molecule has 1 aromatic rings. The van der Waals surface area contributed by atoms with E-state index in [4.69, 9.17) is 0 Å². The van der Waals surface area contributed by atoms with Crippen molar-refractivity contribution in [1.82, 2.24) is 4.31 Å². The average molecular weight is 305 g/mol. The van der Waals surface area contributed by atoms with Crippen LogP contribution in [-0.2, 0) is 19.6 Å². The molecule has 0 amide bonds. The lowest BCUT2D eigenvalue weighted by atomic mass is 10.1. The number of benzene rings is 1. The maximum Gasteiger partial charge on any atom is 0.310 e. The van der Waals surface area contributed by atoms with Crippen molar-refractivity contribution in [2.24, 2.45) is 5.92 Å².